The third-order valence-electron chi connectivity index (χ3n) is 4.80. The lowest BCUT2D eigenvalue weighted by Gasteiger charge is -2.28. The topological polar surface area (TPSA) is 63.9 Å². The fraction of sp³-hybridized carbons (Fsp3) is 0.263. The van der Waals surface area contributed by atoms with Crippen LogP contribution in [0.4, 0.5) is 0 Å². The highest BCUT2D eigenvalue weighted by atomic mass is 32.1. The fourth-order valence-corrected chi connectivity index (χ4v) is 5.61. The second kappa shape index (κ2) is 6.91. The van der Waals surface area contributed by atoms with E-state index in [0.717, 1.165) is 44.3 Å². The van der Waals surface area contributed by atoms with Gasteiger partial charge in [-0.1, -0.05) is 6.07 Å². The number of carbonyl (C=O) groups is 1. The summed E-state index contributed by atoms with van der Waals surface area (Å²) in [4.78, 5) is 29.9. The maximum Gasteiger partial charge on any atom is 0.273 e. The Kier molecular flexibility index (Phi) is 4.37. The fourth-order valence-electron chi connectivity index (χ4n) is 3.41. The van der Waals surface area contributed by atoms with Gasteiger partial charge in [-0.15, -0.1) is 34.0 Å². The van der Waals surface area contributed by atoms with Gasteiger partial charge >= 0.3 is 0 Å². The molecule has 0 aromatic carbocycles. The Labute approximate surface area is 174 Å². The van der Waals surface area contributed by atoms with Gasteiger partial charge in [-0.25, -0.2) is 15.0 Å². The number of amides is 1. The first-order chi connectivity index (χ1) is 13.6. The minimum atomic E-state index is -0.0167. The molecular weight excluding hydrogens is 410 g/mol. The lowest BCUT2D eigenvalue weighted by molar-refractivity contribution is 0.0706. The molecule has 0 spiro atoms. The molecule has 9 heteroatoms. The van der Waals surface area contributed by atoms with Crippen molar-refractivity contribution in [1.82, 2.24) is 24.4 Å². The Hall–Kier alpha value is -2.36. The summed E-state index contributed by atoms with van der Waals surface area (Å²) >= 11 is 4.78. The minimum Gasteiger partial charge on any atom is -0.330 e. The number of thiazole rings is 2. The molecule has 0 radical (unpaired) electrons. The summed E-state index contributed by atoms with van der Waals surface area (Å²) in [5.41, 5.74) is 3.47. The number of fused-ring (bicyclic) bond motifs is 1. The second-order valence-corrected chi connectivity index (χ2v) is 9.48. The smallest absolute Gasteiger partial charge is 0.273 e. The second-order valence-electron chi connectivity index (χ2n) is 6.61. The van der Waals surface area contributed by atoms with E-state index in [1.807, 2.05) is 47.0 Å². The molecule has 142 valence electrons. The molecule has 1 aliphatic rings. The highest BCUT2D eigenvalue weighted by molar-refractivity contribution is 7.20. The van der Waals surface area contributed by atoms with E-state index in [1.54, 1.807) is 22.7 Å². The van der Waals surface area contributed by atoms with E-state index in [-0.39, 0.29) is 5.91 Å². The molecule has 1 aliphatic heterocycles. The van der Waals surface area contributed by atoms with E-state index < -0.39 is 0 Å². The molecule has 0 atom stereocenters. The number of nitrogens with zero attached hydrogens (tertiary/aromatic N) is 5. The van der Waals surface area contributed by atoms with E-state index in [1.165, 1.54) is 11.3 Å². The van der Waals surface area contributed by atoms with Crippen LogP contribution in [0.1, 0.15) is 26.9 Å². The van der Waals surface area contributed by atoms with Crippen LogP contribution in [0.3, 0.4) is 0 Å². The first-order valence-corrected chi connectivity index (χ1v) is 11.5. The maximum atomic E-state index is 13.0. The number of aryl methyl sites for hydroxylation is 2. The van der Waals surface area contributed by atoms with Crippen LogP contribution in [-0.4, -0.2) is 36.9 Å². The van der Waals surface area contributed by atoms with Crippen molar-refractivity contribution in [1.29, 1.82) is 0 Å². The van der Waals surface area contributed by atoms with Crippen molar-refractivity contribution >= 4 is 39.9 Å². The quantitative estimate of drug-likeness (QED) is 0.484. The number of rotatable bonds is 3. The van der Waals surface area contributed by atoms with Gasteiger partial charge in [0.1, 0.15) is 16.4 Å². The normalized spacial score (nSPS) is 13.7. The summed E-state index contributed by atoms with van der Waals surface area (Å²) in [6.07, 6.45) is 0. The summed E-state index contributed by atoms with van der Waals surface area (Å²) in [5.74, 6) is 0.884. The van der Waals surface area contributed by atoms with E-state index in [9.17, 15) is 4.79 Å². The van der Waals surface area contributed by atoms with Crippen molar-refractivity contribution in [2.75, 3.05) is 6.54 Å². The van der Waals surface area contributed by atoms with Crippen molar-refractivity contribution in [3.63, 3.8) is 0 Å². The average molecular weight is 428 g/mol. The number of hydrogen-bond donors (Lipinski definition) is 0. The van der Waals surface area contributed by atoms with Crippen LogP contribution in [0.25, 0.3) is 21.4 Å². The molecule has 0 unspecified atom stereocenters. The van der Waals surface area contributed by atoms with Crippen molar-refractivity contribution in [3.05, 3.63) is 50.4 Å². The van der Waals surface area contributed by atoms with Crippen LogP contribution in [0.15, 0.2) is 28.3 Å². The molecule has 0 bridgehead atoms. The molecule has 5 rings (SSSR count). The van der Waals surface area contributed by atoms with Gasteiger partial charge in [0.05, 0.1) is 27.8 Å². The molecular formula is C19H17N5OS3. The molecule has 0 aliphatic carbocycles. The Morgan fingerprint density at radius 3 is 2.71 bits per heavy atom. The van der Waals surface area contributed by atoms with Gasteiger partial charge in [0.2, 0.25) is 0 Å². The van der Waals surface area contributed by atoms with E-state index in [0.29, 0.717) is 18.8 Å². The molecule has 4 aromatic rings. The molecule has 0 N–H and O–H groups in total. The summed E-state index contributed by atoms with van der Waals surface area (Å²) in [7, 11) is 0. The number of aromatic nitrogens is 4. The number of carbonyl (C=O) groups excluding carboxylic acids is 1. The number of hydrogen-bond acceptors (Lipinski definition) is 7. The van der Waals surface area contributed by atoms with Gasteiger partial charge in [0, 0.05) is 23.8 Å². The predicted octanol–water partition coefficient (Wildman–Crippen LogP) is 4.46. The monoisotopic (exact) mass is 427 g/mol. The Morgan fingerprint density at radius 2 is 1.96 bits per heavy atom. The van der Waals surface area contributed by atoms with Crippen LogP contribution in [0.2, 0.25) is 0 Å². The summed E-state index contributed by atoms with van der Waals surface area (Å²) in [6.45, 7) is 5.91. The zero-order valence-corrected chi connectivity index (χ0v) is 17.8. The predicted molar refractivity (Wildman–Crippen MR) is 113 cm³/mol. The molecule has 6 nitrogen and oxygen atoms in total. The zero-order valence-electron chi connectivity index (χ0n) is 15.4. The average Bonchev–Trinajstić information content (AvgIpc) is 3.48. The van der Waals surface area contributed by atoms with Gasteiger partial charge < -0.3 is 9.47 Å². The molecule has 0 saturated carbocycles. The first-order valence-electron chi connectivity index (χ1n) is 8.87. The van der Waals surface area contributed by atoms with E-state index in [2.05, 4.69) is 14.5 Å². The number of thiophene rings is 1. The van der Waals surface area contributed by atoms with E-state index >= 15 is 0 Å². The molecule has 0 fully saturated rings. The van der Waals surface area contributed by atoms with Gasteiger partial charge in [0.25, 0.3) is 5.91 Å². The number of imidazole rings is 1. The standard InChI is InChI=1S/C19H17N5OS3/c1-11-15-8-23(5-6-24(15)17(20-11)13-9-27-12(2)21-13)19(25)14-10-28-18(22-14)16-4-3-7-26-16/h3-4,7,9-10H,5-6,8H2,1-2H3. The molecule has 4 aromatic heterocycles. The van der Waals surface area contributed by atoms with Gasteiger partial charge in [0.15, 0.2) is 5.82 Å². The molecule has 1 amide bonds. The van der Waals surface area contributed by atoms with Crippen molar-refractivity contribution in [2.45, 2.75) is 26.9 Å². The molecule has 5 heterocycles. The maximum absolute atomic E-state index is 13.0. The molecule has 28 heavy (non-hydrogen) atoms. The van der Waals surface area contributed by atoms with Gasteiger partial charge in [-0.2, -0.15) is 0 Å². The van der Waals surface area contributed by atoms with Gasteiger partial charge in [-0.3, -0.25) is 4.79 Å². The largest absolute Gasteiger partial charge is 0.330 e. The third-order valence-corrected chi connectivity index (χ3v) is 7.45. The van der Waals surface area contributed by atoms with Crippen LogP contribution < -0.4 is 0 Å². The SMILES string of the molecule is Cc1nc(-c2nc(C)c3n2CCN(C(=O)c2csc(-c4cccs4)n2)C3)cs1. The Morgan fingerprint density at radius 1 is 1.07 bits per heavy atom. The zero-order chi connectivity index (χ0) is 19.3. The third kappa shape index (κ3) is 2.99. The minimum absolute atomic E-state index is 0.0167. The summed E-state index contributed by atoms with van der Waals surface area (Å²) < 4.78 is 2.20. The van der Waals surface area contributed by atoms with Crippen molar-refractivity contribution < 1.29 is 4.79 Å². The lowest BCUT2D eigenvalue weighted by Crippen LogP contribution is -2.38. The Balaban J connectivity index is 1.40. The van der Waals surface area contributed by atoms with Crippen molar-refractivity contribution in [2.24, 2.45) is 0 Å². The van der Waals surface area contributed by atoms with Gasteiger partial charge in [-0.05, 0) is 25.3 Å². The van der Waals surface area contributed by atoms with Crippen LogP contribution in [-0.2, 0) is 13.1 Å². The highest BCUT2D eigenvalue weighted by Gasteiger charge is 2.28. The van der Waals surface area contributed by atoms with Crippen LogP contribution >= 0.6 is 34.0 Å². The first kappa shape index (κ1) is 17.7. The van der Waals surface area contributed by atoms with Crippen molar-refractivity contribution in [3.8, 4) is 21.4 Å². The van der Waals surface area contributed by atoms with Crippen LogP contribution in [0, 0.1) is 13.8 Å². The summed E-state index contributed by atoms with van der Waals surface area (Å²) in [6, 6.07) is 4.03. The van der Waals surface area contributed by atoms with Crippen LogP contribution in [0.5, 0.6) is 0 Å². The highest BCUT2D eigenvalue weighted by Crippen LogP contribution is 2.30. The Bertz CT molecular complexity index is 1150. The summed E-state index contributed by atoms with van der Waals surface area (Å²) in [5, 5.41) is 7.86. The molecule has 0 saturated heterocycles. The lowest BCUT2D eigenvalue weighted by atomic mass is 10.2. The van der Waals surface area contributed by atoms with E-state index in [4.69, 9.17) is 4.98 Å².